The summed E-state index contributed by atoms with van der Waals surface area (Å²) in [5.41, 5.74) is 3.70. The molecule has 6 atom stereocenters. The molecule has 188 valence electrons. The first kappa shape index (κ1) is 24.9. The molecular weight excluding hydrogens is 452 g/mol. The van der Waals surface area contributed by atoms with E-state index in [-0.39, 0.29) is 16.6 Å². The van der Waals surface area contributed by atoms with Gasteiger partial charge in [-0.15, -0.1) is 0 Å². The number of fused-ring (bicyclic) bond motifs is 5. The van der Waals surface area contributed by atoms with Gasteiger partial charge in [0.1, 0.15) is 5.75 Å². The Labute approximate surface area is 214 Å². The predicted molar refractivity (Wildman–Crippen MR) is 144 cm³/mol. The van der Waals surface area contributed by atoms with E-state index in [2.05, 4.69) is 13.0 Å². The van der Waals surface area contributed by atoms with Gasteiger partial charge in [0.15, 0.2) is 0 Å². The first-order chi connectivity index (χ1) is 17.0. The van der Waals surface area contributed by atoms with E-state index in [1.165, 1.54) is 48.6 Å². The number of thioether (sulfide) groups is 1. The van der Waals surface area contributed by atoms with Crippen LogP contribution in [-0.2, 0) is 6.42 Å². The van der Waals surface area contributed by atoms with Gasteiger partial charge in [-0.1, -0.05) is 74.3 Å². The van der Waals surface area contributed by atoms with Gasteiger partial charge in [0.2, 0.25) is 5.12 Å². The Morgan fingerprint density at radius 2 is 1.83 bits per heavy atom. The minimum atomic E-state index is -0.147. The fourth-order valence-corrected chi connectivity index (χ4v) is 8.55. The average molecular weight is 493 g/mol. The number of aliphatic hydroxyl groups excluding tert-OH is 1. The van der Waals surface area contributed by atoms with Crippen LogP contribution in [-0.4, -0.2) is 27.2 Å². The third-order valence-corrected chi connectivity index (χ3v) is 10.5. The number of benzene rings is 2. The molecule has 0 aromatic heterocycles. The molecule has 2 aromatic rings. The average Bonchev–Trinajstić information content (AvgIpc) is 3.17. The number of unbranched alkanes of at least 4 members (excludes halogenated alkanes) is 3. The molecule has 0 aliphatic heterocycles. The minimum Gasteiger partial charge on any atom is -0.508 e. The number of carbonyl (C=O) groups is 1. The zero-order valence-corrected chi connectivity index (χ0v) is 21.8. The molecule has 0 bridgehead atoms. The Balaban J connectivity index is 1.16. The zero-order chi connectivity index (χ0) is 24.4. The summed E-state index contributed by atoms with van der Waals surface area (Å²) in [7, 11) is 0. The summed E-state index contributed by atoms with van der Waals surface area (Å²) in [5.74, 6) is 3.77. The zero-order valence-electron chi connectivity index (χ0n) is 21.0. The number of aromatic hydroxyl groups is 1. The predicted octanol–water partition coefficient (Wildman–Crippen LogP) is 7.36. The Kier molecular flexibility index (Phi) is 7.60. The SMILES string of the molecule is CC12CCC3c4ccc(O)cc4CC(CCCCCCSC(=O)c4ccccc4)C3C1CCC2O. The minimum absolute atomic E-state index is 0.0797. The van der Waals surface area contributed by atoms with Crippen LogP contribution < -0.4 is 0 Å². The smallest absolute Gasteiger partial charge is 0.219 e. The van der Waals surface area contributed by atoms with Crippen LogP contribution in [0.15, 0.2) is 48.5 Å². The molecule has 4 heteroatoms. The second kappa shape index (κ2) is 10.7. The molecule has 3 aliphatic rings. The lowest BCUT2D eigenvalue weighted by Gasteiger charge is -2.53. The molecule has 35 heavy (non-hydrogen) atoms. The van der Waals surface area contributed by atoms with Crippen molar-refractivity contribution in [3.63, 3.8) is 0 Å². The standard InChI is InChI=1S/C31H40O3S/c1-31-17-16-26-25-13-12-24(32)20-23(25)19-22(29(26)27(31)14-15-28(31)33)11-5-2-3-8-18-35-30(34)21-9-6-4-7-10-21/h4,6-7,9-10,12-13,20,22,26-29,32-33H,2-3,5,8,11,14-19H2,1H3. The van der Waals surface area contributed by atoms with Crippen molar-refractivity contribution in [3.05, 3.63) is 65.2 Å². The van der Waals surface area contributed by atoms with Gasteiger partial charge >= 0.3 is 0 Å². The Bertz CT molecular complexity index is 1020. The highest BCUT2D eigenvalue weighted by molar-refractivity contribution is 8.14. The molecule has 0 spiro atoms. The van der Waals surface area contributed by atoms with Crippen LogP contribution in [0.4, 0.5) is 0 Å². The number of phenolic OH excluding ortho intramolecular Hbond substituents is 1. The van der Waals surface area contributed by atoms with E-state index in [1.54, 1.807) is 0 Å². The fraction of sp³-hybridized carbons (Fsp3) is 0.581. The van der Waals surface area contributed by atoms with Gasteiger partial charge in [0.05, 0.1) is 6.10 Å². The van der Waals surface area contributed by atoms with Crippen LogP contribution in [0.3, 0.4) is 0 Å². The van der Waals surface area contributed by atoms with Gasteiger partial charge in [0.25, 0.3) is 0 Å². The monoisotopic (exact) mass is 492 g/mol. The van der Waals surface area contributed by atoms with Crippen LogP contribution >= 0.6 is 11.8 Å². The van der Waals surface area contributed by atoms with E-state index in [0.29, 0.717) is 29.4 Å². The third kappa shape index (κ3) is 5.06. The van der Waals surface area contributed by atoms with Crippen molar-refractivity contribution >= 4 is 16.9 Å². The van der Waals surface area contributed by atoms with Crippen LogP contribution in [0.5, 0.6) is 5.75 Å². The van der Waals surface area contributed by atoms with Gasteiger partial charge in [-0.05, 0) is 97.3 Å². The molecule has 0 saturated heterocycles. The summed E-state index contributed by atoms with van der Waals surface area (Å²) in [6.07, 6.45) is 11.2. The second-order valence-electron chi connectivity index (χ2n) is 11.5. The van der Waals surface area contributed by atoms with Crippen LogP contribution in [0, 0.1) is 23.2 Å². The summed E-state index contributed by atoms with van der Waals surface area (Å²) in [6.45, 7) is 2.35. The van der Waals surface area contributed by atoms with Crippen molar-refractivity contribution in [2.45, 2.75) is 83.2 Å². The van der Waals surface area contributed by atoms with Gasteiger partial charge in [-0.25, -0.2) is 0 Å². The molecule has 0 heterocycles. The largest absolute Gasteiger partial charge is 0.508 e. The number of carbonyl (C=O) groups excluding carboxylic acids is 1. The quantitative estimate of drug-likeness (QED) is 0.378. The molecule has 6 unspecified atom stereocenters. The van der Waals surface area contributed by atoms with E-state index in [4.69, 9.17) is 0 Å². The number of phenols is 1. The molecule has 0 amide bonds. The molecule has 2 saturated carbocycles. The summed E-state index contributed by atoms with van der Waals surface area (Å²) < 4.78 is 0. The van der Waals surface area contributed by atoms with E-state index in [9.17, 15) is 15.0 Å². The molecule has 2 aromatic carbocycles. The number of aliphatic hydroxyl groups is 1. The molecule has 3 nitrogen and oxygen atoms in total. The topological polar surface area (TPSA) is 57.5 Å². The lowest BCUT2D eigenvalue weighted by molar-refractivity contribution is -0.0396. The molecular formula is C31H40O3S. The van der Waals surface area contributed by atoms with Crippen molar-refractivity contribution in [1.29, 1.82) is 0 Å². The lowest BCUT2D eigenvalue weighted by atomic mass is 9.52. The van der Waals surface area contributed by atoms with Crippen molar-refractivity contribution < 1.29 is 15.0 Å². The second-order valence-corrected chi connectivity index (χ2v) is 12.5. The molecule has 2 fully saturated rings. The highest BCUT2D eigenvalue weighted by Gasteiger charge is 2.56. The maximum Gasteiger partial charge on any atom is 0.219 e. The highest BCUT2D eigenvalue weighted by atomic mass is 32.2. The maximum atomic E-state index is 12.3. The van der Waals surface area contributed by atoms with Gasteiger partial charge in [-0.3, -0.25) is 4.79 Å². The van der Waals surface area contributed by atoms with E-state index in [1.807, 2.05) is 42.5 Å². The molecule has 5 rings (SSSR count). The summed E-state index contributed by atoms with van der Waals surface area (Å²) >= 11 is 1.45. The van der Waals surface area contributed by atoms with Crippen molar-refractivity contribution in [1.82, 2.24) is 0 Å². The molecule has 2 N–H and O–H groups in total. The fourth-order valence-electron chi connectivity index (χ4n) is 7.72. The van der Waals surface area contributed by atoms with Crippen molar-refractivity contribution in [3.8, 4) is 5.75 Å². The van der Waals surface area contributed by atoms with E-state index < -0.39 is 0 Å². The van der Waals surface area contributed by atoms with Crippen LogP contribution in [0.1, 0.15) is 92.1 Å². The molecule has 0 radical (unpaired) electrons. The first-order valence-corrected chi connectivity index (χ1v) is 14.7. The van der Waals surface area contributed by atoms with Gasteiger partial charge < -0.3 is 10.2 Å². The maximum absolute atomic E-state index is 12.3. The van der Waals surface area contributed by atoms with Gasteiger partial charge in [-0.2, -0.15) is 0 Å². The highest BCUT2D eigenvalue weighted by Crippen LogP contribution is 2.62. The summed E-state index contributed by atoms with van der Waals surface area (Å²) in [5, 5.41) is 21.2. The lowest BCUT2D eigenvalue weighted by Crippen LogP contribution is -2.47. The van der Waals surface area contributed by atoms with E-state index >= 15 is 0 Å². The van der Waals surface area contributed by atoms with E-state index in [0.717, 1.165) is 49.8 Å². The normalized spacial score (nSPS) is 31.4. The Morgan fingerprint density at radius 1 is 1.03 bits per heavy atom. The summed E-state index contributed by atoms with van der Waals surface area (Å²) in [4.78, 5) is 12.3. The Hall–Kier alpha value is -1.78. The molecule has 3 aliphatic carbocycles. The van der Waals surface area contributed by atoms with Crippen LogP contribution in [0.25, 0.3) is 0 Å². The first-order valence-electron chi connectivity index (χ1n) is 13.7. The van der Waals surface area contributed by atoms with Crippen molar-refractivity contribution in [2.24, 2.45) is 23.2 Å². The number of rotatable bonds is 8. The number of hydrogen-bond acceptors (Lipinski definition) is 4. The van der Waals surface area contributed by atoms with Crippen LogP contribution in [0.2, 0.25) is 0 Å². The number of hydrogen-bond donors (Lipinski definition) is 2. The van der Waals surface area contributed by atoms with Gasteiger partial charge in [0, 0.05) is 11.3 Å². The third-order valence-electron chi connectivity index (χ3n) is 9.55. The Morgan fingerprint density at radius 3 is 2.66 bits per heavy atom. The summed E-state index contributed by atoms with van der Waals surface area (Å²) in [6, 6.07) is 15.6. The van der Waals surface area contributed by atoms with Crippen molar-refractivity contribution in [2.75, 3.05) is 5.75 Å².